The molecule has 1 heterocycles. The second-order valence-electron chi connectivity index (χ2n) is 12.1. The minimum absolute atomic E-state index is 0.0120. The zero-order chi connectivity index (χ0) is 30.6. The van der Waals surface area contributed by atoms with Crippen molar-refractivity contribution in [3.05, 3.63) is 94.3 Å². The van der Waals surface area contributed by atoms with Crippen molar-refractivity contribution in [3.63, 3.8) is 0 Å². The number of piperazine rings is 1. The Morgan fingerprint density at radius 1 is 1.10 bits per heavy atom. The first-order chi connectivity index (χ1) is 19.8. The lowest BCUT2D eigenvalue weighted by molar-refractivity contribution is 0.00256. The van der Waals surface area contributed by atoms with E-state index in [-0.39, 0.29) is 47.4 Å². The average molecular weight is 578 g/mol. The lowest BCUT2D eigenvalue weighted by Gasteiger charge is -2.40. The smallest absolute Gasteiger partial charge is 0.410 e. The number of rotatable bonds is 7. The minimum Gasteiger partial charge on any atom is -0.478 e. The molecule has 1 N–H and O–H groups in total. The highest BCUT2D eigenvalue weighted by atomic mass is 19.1. The Morgan fingerprint density at radius 3 is 2.52 bits per heavy atom. The number of aromatic carboxylic acids is 1. The summed E-state index contributed by atoms with van der Waals surface area (Å²) in [6.45, 7) is 10.6. The molecule has 0 saturated carbocycles. The van der Waals surface area contributed by atoms with E-state index in [1.54, 1.807) is 30.1 Å². The molecule has 42 heavy (non-hydrogen) atoms. The van der Waals surface area contributed by atoms with E-state index >= 15 is 4.39 Å². The highest BCUT2D eigenvalue weighted by Gasteiger charge is 2.31. The fourth-order valence-corrected chi connectivity index (χ4v) is 5.42. The molecular weight excluding hydrogens is 537 g/mol. The van der Waals surface area contributed by atoms with Gasteiger partial charge in [-0.25, -0.2) is 14.0 Å². The molecule has 2 aliphatic rings. The number of allylic oxidation sites excluding steroid dienone is 2. The molecule has 1 fully saturated rings. The average Bonchev–Trinajstić information content (AvgIpc) is 2.93. The number of halogens is 1. The number of amides is 2. The standard InChI is InChI=1S/C33H40FN3O5/c1-22-19-36(14-15-37(22)32(41)42-33(2,3)4)21-23-8-6-9-25(16-23)28-17-24(12-13-29(28)34)20-35(5)30(38)26-10-7-11-27(18-26)31(39)40/h6-8,10-13,16-18,22,25H,9,14-15,19-21H2,1-5H3,(H,39,40)/t22-,25?/m0/s1. The van der Waals surface area contributed by atoms with Crippen LogP contribution in [0.5, 0.6) is 0 Å². The summed E-state index contributed by atoms with van der Waals surface area (Å²) in [6.07, 6.45) is 6.64. The number of hydrogen-bond acceptors (Lipinski definition) is 5. The number of ether oxygens (including phenoxy) is 1. The van der Waals surface area contributed by atoms with Gasteiger partial charge in [-0.2, -0.15) is 0 Å². The number of hydrogen-bond donors (Lipinski definition) is 1. The quantitative estimate of drug-likeness (QED) is 0.454. The minimum atomic E-state index is -1.10. The van der Waals surface area contributed by atoms with Crippen molar-refractivity contribution >= 4 is 18.0 Å². The molecule has 2 aromatic carbocycles. The van der Waals surface area contributed by atoms with E-state index in [0.29, 0.717) is 31.6 Å². The molecule has 0 aromatic heterocycles. The van der Waals surface area contributed by atoms with Crippen molar-refractivity contribution in [2.75, 3.05) is 33.2 Å². The van der Waals surface area contributed by atoms with E-state index in [4.69, 9.17) is 4.74 Å². The van der Waals surface area contributed by atoms with Gasteiger partial charge in [0.25, 0.3) is 5.91 Å². The highest BCUT2D eigenvalue weighted by molar-refractivity contribution is 5.97. The van der Waals surface area contributed by atoms with E-state index in [1.165, 1.54) is 23.1 Å². The first-order valence-corrected chi connectivity index (χ1v) is 14.3. The van der Waals surface area contributed by atoms with Crippen LogP contribution in [-0.4, -0.2) is 82.6 Å². The van der Waals surface area contributed by atoms with Crippen LogP contribution < -0.4 is 0 Å². The van der Waals surface area contributed by atoms with Gasteiger partial charge in [-0.3, -0.25) is 9.69 Å². The Hall–Kier alpha value is -3.98. The number of carbonyl (C=O) groups excluding carboxylic acids is 2. The number of nitrogens with zero attached hydrogens (tertiary/aromatic N) is 3. The number of carboxylic acids is 1. The summed E-state index contributed by atoms with van der Waals surface area (Å²) < 4.78 is 20.6. The van der Waals surface area contributed by atoms with Gasteiger partial charge in [0.05, 0.1) is 5.56 Å². The number of carbonyl (C=O) groups is 3. The van der Waals surface area contributed by atoms with Crippen molar-refractivity contribution in [1.82, 2.24) is 14.7 Å². The fraction of sp³-hybridized carbons (Fsp3) is 0.424. The molecule has 1 saturated heterocycles. The van der Waals surface area contributed by atoms with E-state index in [9.17, 15) is 19.5 Å². The Morgan fingerprint density at radius 2 is 1.83 bits per heavy atom. The Balaban J connectivity index is 1.41. The molecule has 1 unspecified atom stereocenters. The van der Waals surface area contributed by atoms with Crippen LogP contribution in [-0.2, 0) is 11.3 Å². The third-order valence-corrected chi connectivity index (χ3v) is 7.47. The van der Waals surface area contributed by atoms with Crippen molar-refractivity contribution in [2.45, 2.75) is 58.2 Å². The molecule has 9 heteroatoms. The van der Waals surface area contributed by atoms with Crippen LogP contribution in [0.3, 0.4) is 0 Å². The van der Waals surface area contributed by atoms with Crippen LogP contribution >= 0.6 is 0 Å². The van der Waals surface area contributed by atoms with Gasteiger partial charge < -0.3 is 19.6 Å². The summed E-state index contributed by atoms with van der Waals surface area (Å²) in [4.78, 5) is 42.4. The number of benzene rings is 2. The molecule has 0 spiro atoms. The lowest BCUT2D eigenvalue weighted by atomic mass is 9.88. The van der Waals surface area contributed by atoms with Gasteiger partial charge in [0.15, 0.2) is 0 Å². The van der Waals surface area contributed by atoms with Crippen LogP contribution in [0.25, 0.3) is 0 Å². The monoisotopic (exact) mass is 577 g/mol. The van der Waals surface area contributed by atoms with Crippen LogP contribution in [0.15, 0.2) is 66.3 Å². The van der Waals surface area contributed by atoms with Crippen LogP contribution in [0.4, 0.5) is 9.18 Å². The lowest BCUT2D eigenvalue weighted by Crippen LogP contribution is -2.55. The second-order valence-corrected chi connectivity index (χ2v) is 12.1. The normalized spacial score (nSPS) is 19.3. The van der Waals surface area contributed by atoms with E-state index < -0.39 is 11.6 Å². The Bertz CT molecular complexity index is 1400. The Labute approximate surface area is 247 Å². The van der Waals surface area contributed by atoms with Gasteiger partial charge >= 0.3 is 12.1 Å². The summed E-state index contributed by atoms with van der Waals surface area (Å²) >= 11 is 0. The fourth-order valence-electron chi connectivity index (χ4n) is 5.42. The number of carboxylic acid groups (broad SMARTS) is 1. The van der Waals surface area contributed by atoms with Crippen molar-refractivity contribution in [3.8, 4) is 0 Å². The van der Waals surface area contributed by atoms with Crippen molar-refractivity contribution in [1.29, 1.82) is 0 Å². The van der Waals surface area contributed by atoms with E-state index in [2.05, 4.69) is 23.1 Å². The maximum atomic E-state index is 15.1. The van der Waals surface area contributed by atoms with Crippen LogP contribution in [0.1, 0.15) is 71.9 Å². The van der Waals surface area contributed by atoms with Gasteiger partial charge in [0.1, 0.15) is 11.4 Å². The van der Waals surface area contributed by atoms with E-state index in [1.807, 2.05) is 33.8 Å². The van der Waals surface area contributed by atoms with Crippen LogP contribution in [0.2, 0.25) is 0 Å². The third-order valence-electron chi connectivity index (χ3n) is 7.47. The van der Waals surface area contributed by atoms with E-state index in [0.717, 1.165) is 17.7 Å². The second kappa shape index (κ2) is 12.9. The molecule has 8 nitrogen and oxygen atoms in total. The highest BCUT2D eigenvalue weighted by Crippen LogP contribution is 2.31. The molecule has 1 aliphatic carbocycles. The molecule has 224 valence electrons. The zero-order valence-corrected chi connectivity index (χ0v) is 25.0. The summed E-state index contributed by atoms with van der Waals surface area (Å²) in [5.74, 6) is -1.84. The first-order valence-electron chi connectivity index (χ1n) is 14.3. The van der Waals surface area contributed by atoms with Gasteiger partial charge in [-0.1, -0.05) is 36.4 Å². The first kappa shape index (κ1) is 31.0. The molecule has 4 rings (SSSR count). The molecule has 2 amide bonds. The van der Waals surface area contributed by atoms with Crippen LogP contribution in [0, 0.1) is 5.82 Å². The summed E-state index contributed by atoms with van der Waals surface area (Å²) in [5, 5.41) is 9.24. The van der Waals surface area contributed by atoms with Crippen molar-refractivity contribution < 1.29 is 28.6 Å². The largest absolute Gasteiger partial charge is 0.478 e. The molecule has 2 aromatic rings. The Kier molecular flexibility index (Phi) is 9.51. The van der Waals surface area contributed by atoms with Gasteiger partial charge in [0.2, 0.25) is 0 Å². The van der Waals surface area contributed by atoms with Gasteiger partial charge in [0, 0.05) is 57.3 Å². The molecule has 2 atom stereocenters. The summed E-state index contributed by atoms with van der Waals surface area (Å²) in [5.41, 5.74) is 2.25. The maximum Gasteiger partial charge on any atom is 0.410 e. The topological polar surface area (TPSA) is 90.4 Å². The molecule has 1 aliphatic heterocycles. The third kappa shape index (κ3) is 7.85. The summed E-state index contributed by atoms with van der Waals surface area (Å²) in [7, 11) is 1.64. The molecule has 0 radical (unpaired) electrons. The maximum absolute atomic E-state index is 15.1. The zero-order valence-electron chi connectivity index (χ0n) is 25.0. The van der Waals surface area contributed by atoms with Gasteiger partial charge in [-0.15, -0.1) is 0 Å². The summed E-state index contributed by atoms with van der Waals surface area (Å²) in [6, 6.07) is 10.9. The van der Waals surface area contributed by atoms with Crippen molar-refractivity contribution in [2.24, 2.45) is 0 Å². The SMILES string of the molecule is C[C@H]1CN(CC2=CC(c3cc(CN(C)C(=O)c4cccc(C(=O)O)c4)ccc3F)CC=C2)CCN1C(=O)OC(C)(C)C. The predicted molar refractivity (Wildman–Crippen MR) is 159 cm³/mol. The predicted octanol–water partition coefficient (Wildman–Crippen LogP) is 5.71. The molecular formula is C33H40FN3O5. The van der Waals surface area contributed by atoms with Gasteiger partial charge in [-0.05, 0) is 75.1 Å². The molecule has 0 bridgehead atoms.